The Morgan fingerprint density at radius 3 is 2.58 bits per heavy atom. The van der Waals surface area contributed by atoms with Gasteiger partial charge in [-0.05, 0) is 44.4 Å². The van der Waals surface area contributed by atoms with Crippen molar-refractivity contribution in [1.29, 1.82) is 0 Å². The summed E-state index contributed by atoms with van der Waals surface area (Å²) in [4.78, 5) is 12.5. The number of amides is 1. The number of hydrogen-bond donors (Lipinski definition) is 1. The maximum atomic E-state index is 13.2. The third kappa shape index (κ3) is 6.13. The van der Waals surface area contributed by atoms with Gasteiger partial charge in [-0.15, -0.1) is 0 Å². The van der Waals surface area contributed by atoms with Crippen LogP contribution in [0.15, 0.2) is 30.6 Å². The largest absolute Gasteiger partial charge is 0.490 e. The Morgan fingerprint density at radius 2 is 1.92 bits per heavy atom. The van der Waals surface area contributed by atoms with Gasteiger partial charge in [-0.25, -0.2) is 0 Å². The molecule has 0 aliphatic heterocycles. The van der Waals surface area contributed by atoms with E-state index in [0.29, 0.717) is 42.6 Å². The van der Waals surface area contributed by atoms with Crippen LogP contribution in [0.5, 0.6) is 11.5 Å². The lowest BCUT2D eigenvalue weighted by molar-refractivity contribution is -0.141. The fraction of sp³-hybridized carbons (Fsp3) is 0.458. The molecule has 0 spiro atoms. The first kappa shape index (κ1) is 25.9. The highest BCUT2D eigenvalue weighted by Gasteiger charge is 2.42. The van der Waals surface area contributed by atoms with Crippen LogP contribution in [-0.2, 0) is 24.1 Å². The van der Waals surface area contributed by atoms with Crippen LogP contribution in [0.25, 0.3) is 0 Å². The normalized spacial score (nSPS) is 13.6. The van der Waals surface area contributed by atoms with Gasteiger partial charge in [-0.2, -0.15) is 23.4 Å². The average molecular weight is 526 g/mol. The minimum absolute atomic E-state index is 0.00596. The van der Waals surface area contributed by atoms with Gasteiger partial charge in [0, 0.05) is 18.5 Å². The molecule has 0 atom stereocenters. The Morgan fingerprint density at radius 1 is 1.19 bits per heavy atom. The van der Waals surface area contributed by atoms with Crippen molar-refractivity contribution in [1.82, 2.24) is 19.6 Å². The van der Waals surface area contributed by atoms with Gasteiger partial charge in [-0.1, -0.05) is 17.7 Å². The van der Waals surface area contributed by atoms with Crippen molar-refractivity contribution in [3.8, 4) is 11.5 Å². The number of rotatable bonds is 11. The van der Waals surface area contributed by atoms with Gasteiger partial charge in [0.05, 0.1) is 48.9 Å². The number of carbonyl (C=O) groups excluding carboxylic acids is 1. The van der Waals surface area contributed by atoms with Crippen molar-refractivity contribution in [2.45, 2.75) is 58.3 Å². The third-order valence-electron chi connectivity index (χ3n) is 5.58. The van der Waals surface area contributed by atoms with E-state index in [9.17, 15) is 18.0 Å². The predicted octanol–water partition coefficient (Wildman–Crippen LogP) is 5.50. The molecule has 8 nitrogen and oxygen atoms in total. The molecule has 0 bridgehead atoms. The fourth-order valence-electron chi connectivity index (χ4n) is 3.88. The van der Waals surface area contributed by atoms with E-state index in [-0.39, 0.29) is 29.8 Å². The number of anilines is 1. The van der Waals surface area contributed by atoms with Crippen LogP contribution in [-0.4, -0.2) is 38.7 Å². The molecule has 3 aromatic rings. The van der Waals surface area contributed by atoms with Gasteiger partial charge in [0.15, 0.2) is 17.2 Å². The first-order valence-corrected chi connectivity index (χ1v) is 12.1. The first-order valence-electron chi connectivity index (χ1n) is 11.7. The van der Waals surface area contributed by atoms with Gasteiger partial charge in [0.2, 0.25) is 5.91 Å². The number of ether oxygens (including phenoxy) is 2. The Bertz CT molecular complexity index is 1220. The lowest BCUT2D eigenvalue weighted by atomic mass is 10.2. The molecule has 1 aliphatic carbocycles. The molecule has 0 saturated heterocycles. The summed E-state index contributed by atoms with van der Waals surface area (Å²) in [5.41, 5.74) is 0.667. The average Bonchev–Trinajstić information content (AvgIpc) is 3.46. The monoisotopic (exact) mass is 525 g/mol. The lowest BCUT2D eigenvalue weighted by Crippen LogP contribution is -2.16. The number of carbonyl (C=O) groups is 1. The molecule has 1 amide bonds. The molecular weight excluding hydrogens is 499 g/mol. The Kier molecular flexibility index (Phi) is 7.77. The summed E-state index contributed by atoms with van der Waals surface area (Å²) in [6.45, 7) is 5.27. The van der Waals surface area contributed by atoms with Crippen molar-refractivity contribution in [3.63, 3.8) is 0 Å². The van der Waals surface area contributed by atoms with Gasteiger partial charge in [-0.3, -0.25) is 14.2 Å². The highest BCUT2D eigenvalue weighted by molar-refractivity contribution is 6.32. The van der Waals surface area contributed by atoms with Crippen molar-refractivity contribution in [2.24, 2.45) is 0 Å². The van der Waals surface area contributed by atoms with Gasteiger partial charge in [0.1, 0.15) is 0 Å². The molecule has 1 aromatic carbocycles. The number of nitrogens with one attached hydrogen (secondary N) is 1. The molecule has 1 fully saturated rings. The van der Waals surface area contributed by atoms with E-state index in [1.807, 2.05) is 32.0 Å². The Hall–Kier alpha value is -3.21. The second-order valence-corrected chi connectivity index (χ2v) is 8.79. The number of halogens is 4. The molecule has 12 heteroatoms. The Labute approximate surface area is 211 Å². The summed E-state index contributed by atoms with van der Waals surface area (Å²) < 4.78 is 53.8. The number of hydrogen-bond acceptors (Lipinski definition) is 5. The second kappa shape index (κ2) is 10.8. The SMILES string of the molecule is CCOc1ccc(Cn2cc(NC(=O)CCn3nc(C(F)(F)F)c(Cl)c3C3CC3)cn2)cc1OCC. The quantitative estimate of drug-likeness (QED) is 0.357. The molecule has 0 radical (unpaired) electrons. The van der Waals surface area contributed by atoms with Crippen LogP contribution in [0.3, 0.4) is 0 Å². The van der Waals surface area contributed by atoms with Crippen LogP contribution >= 0.6 is 11.6 Å². The standard InChI is InChI=1S/C24H27ClF3N5O3/c1-3-35-18-8-5-15(11-19(18)36-4-2)13-32-14-17(12-29-32)30-20(34)9-10-33-22(16-6-7-16)21(25)23(31-33)24(26,27)28/h5,8,11-12,14,16H,3-4,6-7,9-10,13H2,1-2H3,(H,30,34). The summed E-state index contributed by atoms with van der Waals surface area (Å²) in [5.74, 6) is 0.905. The summed E-state index contributed by atoms with van der Waals surface area (Å²) in [5, 5.41) is 10.3. The summed E-state index contributed by atoms with van der Waals surface area (Å²) in [7, 11) is 0. The van der Waals surface area contributed by atoms with Crippen LogP contribution in [0.1, 0.15) is 56.0 Å². The molecule has 2 aromatic heterocycles. The molecule has 194 valence electrons. The molecule has 0 unspecified atom stereocenters. The predicted molar refractivity (Wildman–Crippen MR) is 128 cm³/mol. The van der Waals surface area contributed by atoms with E-state index in [1.54, 1.807) is 10.9 Å². The fourth-order valence-corrected chi connectivity index (χ4v) is 4.27. The van der Waals surface area contributed by atoms with Gasteiger partial charge in [0.25, 0.3) is 0 Å². The minimum atomic E-state index is -4.64. The van der Waals surface area contributed by atoms with Crippen molar-refractivity contribution >= 4 is 23.2 Å². The lowest BCUT2D eigenvalue weighted by Gasteiger charge is -2.12. The highest BCUT2D eigenvalue weighted by Crippen LogP contribution is 2.46. The minimum Gasteiger partial charge on any atom is -0.490 e. The Balaban J connectivity index is 1.37. The third-order valence-corrected chi connectivity index (χ3v) is 5.96. The highest BCUT2D eigenvalue weighted by atomic mass is 35.5. The van der Waals surface area contributed by atoms with Crippen LogP contribution in [0.4, 0.5) is 18.9 Å². The summed E-state index contributed by atoms with van der Waals surface area (Å²) in [6, 6.07) is 5.64. The molecule has 1 saturated carbocycles. The molecule has 1 N–H and O–H groups in total. The number of alkyl halides is 3. The number of aromatic nitrogens is 4. The smallest absolute Gasteiger partial charge is 0.436 e. The van der Waals surface area contributed by atoms with Crippen molar-refractivity contribution in [3.05, 3.63) is 52.6 Å². The van der Waals surface area contributed by atoms with Crippen LogP contribution in [0.2, 0.25) is 5.02 Å². The summed E-state index contributed by atoms with van der Waals surface area (Å²) in [6.07, 6.45) is 0.00433. The van der Waals surface area contributed by atoms with Crippen molar-refractivity contribution < 1.29 is 27.4 Å². The number of aryl methyl sites for hydroxylation is 1. The van der Waals surface area contributed by atoms with Crippen LogP contribution in [0, 0.1) is 0 Å². The zero-order chi connectivity index (χ0) is 25.9. The van der Waals surface area contributed by atoms with E-state index < -0.39 is 11.9 Å². The molecule has 4 rings (SSSR count). The summed E-state index contributed by atoms with van der Waals surface area (Å²) >= 11 is 5.99. The topological polar surface area (TPSA) is 83.2 Å². The maximum absolute atomic E-state index is 13.2. The van der Waals surface area contributed by atoms with Gasteiger partial charge >= 0.3 is 6.18 Å². The molecule has 2 heterocycles. The second-order valence-electron chi connectivity index (χ2n) is 8.41. The van der Waals surface area contributed by atoms with Gasteiger partial charge < -0.3 is 14.8 Å². The first-order chi connectivity index (χ1) is 17.2. The van der Waals surface area contributed by atoms with E-state index in [1.165, 1.54) is 10.9 Å². The maximum Gasteiger partial charge on any atom is 0.436 e. The molecular formula is C24H27ClF3N5O3. The number of benzene rings is 1. The number of nitrogens with zero attached hydrogens (tertiary/aromatic N) is 4. The van der Waals surface area contributed by atoms with Crippen molar-refractivity contribution in [2.75, 3.05) is 18.5 Å². The molecule has 36 heavy (non-hydrogen) atoms. The van der Waals surface area contributed by atoms with Crippen LogP contribution < -0.4 is 14.8 Å². The zero-order valence-corrected chi connectivity index (χ0v) is 20.7. The van der Waals surface area contributed by atoms with E-state index >= 15 is 0 Å². The van der Waals surface area contributed by atoms with E-state index in [0.717, 1.165) is 18.4 Å². The van der Waals surface area contributed by atoms with E-state index in [4.69, 9.17) is 21.1 Å². The molecule has 1 aliphatic rings. The zero-order valence-electron chi connectivity index (χ0n) is 19.9. The van der Waals surface area contributed by atoms with E-state index in [2.05, 4.69) is 15.5 Å².